The Bertz CT molecular complexity index is 773. The van der Waals surface area contributed by atoms with Gasteiger partial charge >= 0.3 is 0 Å². The van der Waals surface area contributed by atoms with E-state index in [2.05, 4.69) is 10.3 Å². The molecule has 0 saturated carbocycles. The zero-order valence-electron chi connectivity index (χ0n) is 15.2. The maximum absolute atomic E-state index is 13.2. The molecule has 1 aromatic heterocycles. The number of nitrogens with zero attached hydrogens (tertiary/aromatic N) is 2. The summed E-state index contributed by atoms with van der Waals surface area (Å²) in [6, 6.07) is 11.5. The number of halogens is 1. The highest BCUT2D eigenvalue weighted by Crippen LogP contribution is 2.36. The molecule has 138 valence electrons. The first-order chi connectivity index (χ1) is 12.5. The zero-order chi connectivity index (χ0) is 18.6. The fraction of sp³-hybridized carbons (Fsp3) is 0.400. The molecule has 1 fully saturated rings. The molecule has 0 aliphatic carbocycles. The summed E-state index contributed by atoms with van der Waals surface area (Å²) in [4.78, 5) is 19.4. The lowest BCUT2D eigenvalue weighted by atomic mass is 9.73. The molecule has 6 heteroatoms. The van der Waals surface area contributed by atoms with Gasteiger partial charge in [-0.1, -0.05) is 23.7 Å². The van der Waals surface area contributed by atoms with Crippen LogP contribution in [0.2, 0.25) is 5.02 Å². The van der Waals surface area contributed by atoms with E-state index in [1.54, 1.807) is 6.20 Å². The van der Waals surface area contributed by atoms with Crippen molar-refractivity contribution in [2.45, 2.75) is 24.8 Å². The number of rotatable bonds is 5. The van der Waals surface area contributed by atoms with Gasteiger partial charge in [0.15, 0.2) is 0 Å². The number of ether oxygens (including phenoxy) is 1. The van der Waals surface area contributed by atoms with Crippen LogP contribution in [-0.4, -0.2) is 38.2 Å². The normalized spacial score (nSPS) is 16.1. The number of nitrogens with one attached hydrogen (secondary N) is 1. The van der Waals surface area contributed by atoms with Crippen LogP contribution < -0.4 is 10.2 Å². The van der Waals surface area contributed by atoms with Gasteiger partial charge in [-0.05, 0) is 48.2 Å². The molecule has 1 amide bonds. The SMILES string of the molecule is CN(C)c1cc(CNC(=O)C2(c3cccc(Cl)c3)CCOCC2)ccn1. The highest BCUT2D eigenvalue weighted by molar-refractivity contribution is 6.30. The van der Waals surface area contributed by atoms with Crippen LogP contribution in [0.4, 0.5) is 5.82 Å². The summed E-state index contributed by atoms with van der Waals surface area (Å²) in [5, 5.41) is 3.75. The fourth-order valence-electron chi connectivity index (χ4n) is 3.32. The van der Waals surface area contributed by atoms with Gasteiger partial charge in [0.25, 0.3) is 0 Å². The minimum atomic E-state index is -0.597. The van der Waals surface area contributed by atoms with Crippen LogP contribution in [0.25, 0.3) is 0 Å². The maximum Gasteiger partial charge on any atom is 0.231 e. The number of hydrogen-bond acceptors (Lipinski definition) is 4. The van der Waals surface area contributed by atoms with E-state index in [-0.39, 0.29) is 5.91 Å². The van der Waals surface area contributed by atoms with E-state index < -0.39 is 5.41 Å². The first-order valence-electron chi connectivity index (χ1n) is 8.76. The molecular weight excluding hydrogens is 350 g/mol. The Labute approximate surface area is 159 Å². The summed E-state index contributed by atoms with van der Waals surface area (Å²) in [5.41, 5.74) is 1.38. The molecule has 0 unspecified atom stereocenters. The largest absolute Gasteiger partial charge is 0.381 e. The second-order valence-corrected chi connectivity index (χ2v) is 7.24. The molecule has 1 N–H and O–H groups in total. The Hall–Kier alpha value is -2.11. The minimum Gasteiger partial charge on any atom is -0.381 e. The van der Waals surface area contributed by atoms with Crippen LogP contribution >= 0.6 is 11.6 Å². The maximum atomic E-state index is 13.2. The lowest BCUT2D eigenvalue weighted by molar-refractivity contribution is -0.130. The van der Waals surface area contributed by atoms with Crippen LogP contribution in [0, 0.1) is 0 Å². The van der Waals surface area contributed by atoms with Crippen LogP contribution in [-0.2, 0) is 21.5 Å². The van der Waals surface area contributed by atoms with Crippen molar-refractivity contribution >= 4 is 23.3 Å². The molecule has 5 nitrogen and oxygen atoms in total. The molecule has 3 rings (SSSR count). The second kappa shape index (κ2) is 8.06. The summed E-state index contributed by atoms with van der Waals surface area (Å²) in [5.74, 6) is 0.888. The van der Waals surface area contributed by atoms with E-state index in [9.17, 15) is 4.79 Å². The first kappa shape index (κ1) is 18.7. The number of aromatic nitrogens is 1. The molecule has 1 aliphatic heterocycles. The van der Waals surface area contributed by atoms with Gasteiger partial charge in [-0.25, -0.2) is 4.98 Å². The first-order valence-corrected chi connectivity index (χ1v) is 9.13. The minimum absolute atomic E-state index is 0.0197. The number of anilines is 1. The standard InChI is InChI=1S/C20H24ClN3O2/c1-24(2)18-12-15(6-9-22-18)14-23-19(25)20(7-10-26-11-8-20)16-4-3-5-17(21)13-16/h3-6,9,12-13H,7-8,10-11,14H2,1-2H3,(H,23,25). The van der Waals surface area contributed by atoms with Crippen molar-refractivity contribution in [2.24, 2.45) is 0 Å². The van der Waals surface area contributed by atoms with Crippen LogP contribution in [0.1, 0.15) is 24.0 Å². The van der Waals surface area contributed by atoms with Crippen LogP contribution in [0.3, 0.4) is 0 Å². The monoisotopic (exact) mass is 373 g/mol. The van der Waals surface area contributed by atoms with Crippen molar-refractivity contribution in [3.05, 3.63) is 58.7 Å². The molecular formula is C20H24ClN3O2. The molecule has 0 radical (unpaired) electrons. The predicted molar refractivity (Wildman–Crippen MR) is 104 cm³/mol. The molecule has 2 heterocycles. The number of benzene rings is 1. The van der Waals surface area contributed by atoms with Gasteiger partial charge < -0.3 is 15.0 Å². The van der Waals surface area contributed by atoms with E-state index in [0.717, 1.165) is 16.9 Å². The number of carbonyl (C=O) groups excluding carboxylic acids is 1. The van der Waals surface area contributed by atoms with Crippen molar-refractivity contribution in [3.63, 3.8) is 0 Å². The molecule has 1 aliphatic rings. The van der Waals surface area contributed by atoms with E-state index in [1.165, 1.54) is 0 Å². The Balaban J connectivity index is 1.79. The number of hydrogen-bond donors (Lipinski definition) is 1. The van der Waals surface area contributed by atoms with Gasteiger partial charge in [-0.15, -0.1) is 0 Å². The van der Waals surface area contributed by atoms with Crippen molar-refractivity contribution in [3.8, 4) is 0 Å². The predicted octanol–water partition coefficient (Wildman–Crippen LogP) is 3.17. The van der Waals surface area contributed by atoms with Gasteiger partial charge in [-0.3, -0.25) is 4.79 Å². The van der Waals surface area contributed by atoms with E-state index in [1.807, 2.05) is 55.4 Å². The number of pyridine rings is 1. The third kappa shape index (κ3) is 4.00. The molecule has 0 bridgehead atoms. The van der Waals surface area contributed by atoms with Crippen molar-refractivity contribution in [2.75, 3.05) is 32.2 Å². The summed E-state index contributed by atoms with van der Waals surface area (Å²) in [6.45, 7) is 1.60. The Morgan fingerprint density at radius 2 is 2.04 bits per heavy atom. The summed E-state index contributed by atoms with van der Waals surface area (Å²) >= 11 is 6.18. The van der Waals surface area contributed by atoms with Crippen molar-refractivity contribution < 1.29 is 9.53 Å². The summed E-state index contributed by atoms with van der Waals surface area (Å²) in [7, 11) is 3.89. The Kier molecular flexibility index (Phi) is 5.79. The summed E-state index contributed by atoms with van der Waals surface area (Å²) in [6.07, 6.45) is 3.06. The lowest BCUT2D eigenvalue weighted by Crippen LogP contribution is -2.47. The highest BCUT2D eigenvalue weighted by Gasteiger charge is 2.41. The average molecular weight is 374 g/mol. The molecule has 0 atom stereocenters. The average Bonchev–Trinajstić information content (AvgIpc) is 2.67. The fourth-order valence-corrected chi connectivity index (χ4v) is 3.51. The topological polar surface area (TPSA) is 54.5 Å². The van der Waals surface area contributed by atoms with Crippen molar-refractivity contribution in [1.82, 2.24) is 10.3 Å². The summed E-state index contributed by atoms with van der Waals surface area (Å²) < 4.78 is 5.50. The number of carbonyl (C=O) groups is 1. The van der Waals surface area contributed by atoms with Gasteiger partial charge in [0.05, 0.1) is 5.41 Å². The Morgan fingerprint density at radius 3 is 2.73 bits per heavy atom. The lowest BCUT2D eigenvalue weighted by Gasteiger charge is -2.36. The van der Waals surface area contributed by atoms with Crippen LogP contribution in [0.5, 0.6) is 0 Å². The zero-order valence-corrected chi connectivity index (χ0v) is 15.9. The van der Waals surface area contributed by atoms with Crippen molar-refractivity contribution in [1.29, 1.82) is 0 Å². The van der Waals surface area contributed by atoms with Crippen LogP contribution in [0.15, 0.2) is 42.6 Å². The smallest absolute Gasteiger partial charge is 0.231 e. The van der Waals surface area contributed by atoms with Gasteiger partial charge in [0.1, 0.15) is 5.82 Å². The Morgan fingerprint density at radius 1 is 1.27 bits per heavy atom. The highest BCUT2D eigenvalue weighted by atomic mass is 35.5. The number of amides is 1. The second-order valence-electron chi connectivity index (χ2n) is 6.80. The molecule has 26 heavy (non-hydrogen) atoms. The molecule has 1 saturated heterocycles. The molecule has 1 aromatic carbocycles. The van der Waals surface area contributed by atoms with Gasteiger partial charge in [-0.2, -0.15) is 0 Å². The van der Waals surface area contributed by atoms with Gasteiger partial charge in [0.2, 0.25) is 5.91 Å². The van der Waals surface area contributed by atoms with E-state index in [0.29, 0.717) is 37.6 Å². The van der Waals surface area contributed by atoms with Gasteiger partial charge in [0, 0.05) is 45.1 Å². The third-order valence-corrected chi connectivity index (χ3v) is 5.11. The quantitative estimate of drug-likeness (QED) is 0.874. The third-order valence-electron chi connectivity index (χ3n) is 4.88. The van der Waals surface area contributed by atoms with E-state index >= 15 is 0 Å². The van der Waals surface area contributed by atoms with E-state index in [4.69, 9.17) is 16.3 Å². The molecule has 2 aromatic rings. The molecule has 0 spiro atoms.